The quantitative estimate of drug-likeness (QED) is 0.498. The van der Waals surface area contributed by atoms with E-state index in [2.05, 4.69) is 15.0 Å². The van der Waals surface area contributed by atoms with E-state index < -0.39 is 16.1 Å². The van der Waals surface area contributed by atoms with E-state index in [1.165, 1.54) is 10.6 Å². The van der Waals surface area contributed by atoms with Gasteiger partial charge < -0.3 is 14.4 Å². The van der Waals surface area contributed by atoms with Gasteiger partial charge in [-0.2, -0.15) is 17.8 Å². The summed E-state index contributed by atoms with van der Waals surface area (Å²) in [5.41, 5.74) is 3.50. The maximum Gasteiger partial charge on any atom is 0.242 e. The van der Waals surface area contributed by atoms with Crippen LogP contribution >= 0.6 is 25.1 Å². The van der Waals surface area contributed by atoms with Gasteiger partial charge in [-0.1, -0.05) is 17.7 Å². The first-order chi connectivity index (χ1) is 15.2. The minimum atomic E-state index is -3.29. The van der Waals surface area contributed by atoms with E-state index in [0.717, 1.165) is 11.3 Å². The minimum absolute atomic E-state index is 0. The number of benzene rings is 1. The summed E-state index contributed by atoms with van der Waals surface area (Å²) in [5.74, 6) is 0.304. The van der Waals surface area contributed by atoms with E-state index in [-0.39, 0.29) is 26.6 Å². The third-order valence-corrected chi connectivity index (χ3v) is 6.70. The second kappa shape index (κ2) is 10.4. The summed E-state index contributed by atoms with van der Waals surface area (Å²) in [4.78, 5) is 15.3. The van der Waals surface area contributed by atoms with Crippen LogP contribution in [0.2, 0.25) is 5.02 Å². The number of nitrogens with zero attached hydrogens (tertiary/aromatic N) is 5. The molecule has 0 aliphatic carbocycles. The Hall–Kier alpha value is -2.18. The molecule has 0 radical (unpaired) electrons. The van der Waals surface area contributed by atoms with Crippen LogP contribution < -0.4 is 9.64 Å². The van der Waals surface area contributed by atoms with Crippen molar-refractivity contribution >= 4 is 51.8 Å². The number of rotatable bonds is 6. The molecule has 3 heterocycles. The van der Waals surface area contributed by atoms with Crippen LogP contribution in [0.3, 0.4) is 0 Å². The highest BCUT2D eigenvalue weighted by molar-refractivity contribution is 7.88. The van der Waals surface area contributed by atoms with Crippen LogP contribution in [-0.4, -0.2) is 80.4 Å². The van der Waals surface area contributed by atoms with Gasteiger partial charge in [0.05, 0.1) is 34.8 Å². The number of morpholine rings is 1. The molecule has 1 atom stereocenters. The molecule has 3 aromatic rings. The first-order valence-corrected chi connectivity index (χ1v) is 12.2. The molecule has 9 nitrogen and oxygen atoms in total. The van der Waals surface area contributed by atoms with Crippen LogP contribution in [0, 0.1) is 0 Å². The van der Waals surface area contributed by atoms with Crippen LogP contribution in [-0.2, 0) is 14.8 Å². The van der Waals surface area contributed by atoms with Crippen molar-refractivity contribution in [3.63, 3.8) is 0 Å². The topological polar surface area (TPSA) is 97.8 Å². The molecule has 1 fully saturated rings. The lowest BCUT2D eigenvalue weighted by Crippen LogP contribution is -2.47. The molecule has 0 unspecified atom stereocenters. The number of anilines is 1. The lowest BCUT2D eigenvalue weighted by atomic mass is 10.1. The Kier molecular flexibility index (Phi) is 8.01. The largest absolute Gasteiger partial charge is 0.473 e. The average molecular weight is 512 g/mol. The van der Waals surface area contributed by atoms with Crippen molar-refractivity contribution in [2.75, 3.05) is 51.6 Å². The summed E-state index contributed by atoms with van der Waals surface area (Å²) in [5, 5.41) is 0.604. The van der Waals surface area contributed by atoms with Crippen LogP contribution in [0.25, 0.3) is 22.3 Å². The van der Waals surface area contributed by atoms with Crippen LogP contribution in [0.1, 0.15) is 0 Å². The molecule has 0 bridgehead atoms. The van der Waals surface area contributed by atoms with E-state index in [1.807, 2.05) is 43.3 Å². The highest BCUT2D eigenvalue weighted by Gasteiger charge is 2.27. The normalized spacial score (nSPS) is 16.9. The van der Waals surface area contributed by atoms with Gasteiger partial charge in [-0.15, -0.1) is 0 Å². The Morgan fingerprint density at radius 1 is 1.24 bits per heavy atom. The summed E-state index contributed by atoms with van der Waals surface area (Å²) < 4.78 is 36.8. The Bertz CT molecular complexity index is 1240. The van der Waals surface area contributed by atoms with E-state index >= 15 is 0 Å². The second-order valence-corrected chi connectivity index (χ2v) is 10.1. The van der Waals surface area contributed by atoms with Crippen molar-refractivity contribution < 1.29 is 17.9 Å². The zero-order chi connectivity index (χ0) is 22.9. The number of sulfonamides is 1. The zero-order valence-electron chi connectivity index (χ0n) is 18.5. The molecule has 178 valence electrons. The Balaban J connectivity index is 0.00000306. The van der Waals surface area contributed by atoms with E-state index in [0.29, 0.717) is 40.8 Å². The maximum absolute atomic E-state index is 11.9. The number of hydrogen-bond acceptors (Lipinski definition) is 8. The van der Waals surface area contributed by atoms with E-state index in [4.69, 9.17) is 21.1 Å². The highest BCUT2D eigenvalue weighted by Crippen LogP contribution is 2.32. The van der Waals surface area contributed by atoms with Crippen molar-refractivity contribution in [2.24, 2.45) is 0 Å². The maximum atomic E-state index is 11.9. The van der Waals surface area contributed by atoms with Crippen molar-refractivity contribution in [1.29, 1.82) is 0 Å². The molecule has 0 N–H and O–H groups in total. The van der Waals surface area contributed by atoms with Crippen LogP contribution in [0.15, 0.2) is 36.7 Å². The fourth-order valence-electron chi connectivity index (χ4n) is 3.49. The van der Waals surface area contributed by atoms with Gasteiger partial charge in [0.2, 0.25) is 15.9 Å². The van der Waals surface area contributed by atoms with Gasteiger partial charge in [-0.05, 0) is 18.2 Å². The second-order valence-electron chi connectivity index (χ2n) is 7.72. The number of ether oxygens (including phenoxy) is 2. The molecule has 33 heavy (non-hydrogen) atoms. The van der Waals surface area contributed by atoms with E-state index in [1.54, 1.807) is 12.4 Å². The van der Waals surface area contributed by atoms with Gasteiger partial charge in [0.1, 0.15) is 12.7 Å². The van der Waals surface area contributed by atoms with E-state index in [9.17, 15) is 8.42 Å². The Morgan fingerprint density at radius 2 is 2.00 bits per heavy atom. The van der Waals surface area contributed by atoms with Crippen molar-refractivity contribution in [3.8, 4) is 17.1 Å². The van der Waals surface area contributed by atoms with Crippen molar-refractivity contribution in [2.45, 2.75) is 6.10 Å². The van der Waals surface area contributed by atoms with Crippen LogP contribution in [0.5, 0.6) is 5.88 Å². The van der Waals surface area contributed by atoms with Gasteiger partial charge in [0.25, 0.3) is 0 Å². The SMILES string of the molecule is CN(C)c1ccc(-c2cc3nccnc3c(OC[C@@H]3CN(S(C)(=O)=O)CCO3)n2)cc1Cl.S. The Morgan fingerprint density at radius 3 is 2.70 bits per heavy atom. The number of halogens is 1. The number of aromatic nitrogens is 3. The fraction of sp³-hybridized carbons (Fsp3) is 0.381. The standard InChI is InChI=1S/C21H24ClN5O4S.H2S/c1-26(2)19-5-4-14(10-16(19)22)17-11-18-20(24-7-6-23-18)21(25-17)31-13-15-12-27(8-9-30-15)32(3,28)29;/h4-7,10-11,15H,8-9,12-13H2,1-3H3;1H2/t15-;/m0./s1. The fourth-order valence-corrected chi connectivity index (χ4v) is 4.68. The number of fused-ring (bicyclic) bond motifs is 1. The van der Waals surface area contributed by atoms with Crippen molar-refractivity contribution in [1.82, 2.24) is 19.3 Å². The molecule has 1 saturated heterocycles. The lowest BCUT2D eigenvalue weighted by Gasteiger charge is -2.30. The summed E-state index contributed by atoms with van der Waals surface area (Å²) in [6.07, 6.45) is 3.95. The lowest BCUT2D eigenvalue weighted by molar-refractivity contribution is -0.0252. The Labute approximate surface area is 205 Å². The molecule has 4 rings (SSSR count). The van der Waals surface area contributed by atoms with Gasteiger partial charge in [-0.25, -0.2) is 18.4 Å². The highest BCUT2D eigenvalue weighted by atomic mass is 35.5. The number of pyridine rings is 1. The molecule has 2 aromatic heterocycles. The molecule has 1 aliphatic heterocycles. The predicted octanol–water partition coefficient (Wildman–Crippen LogP) is 2.56. The first kappa shape index (κ1) is 25.4. The van der Waals surface area contributed by atoms with Gasteiger partial charge in [0.15, 0.2) is 5.52 Å². The third kappa shape index (κ3) is 5.85. The smallest absolute Gasteiger partial charge is 0.242 e. The molecule has 0 amide bonds. The summed E-state index contributed by atoms with van der Waals surface area (Å²) in [6, 6.07) is 7.54. The molecule has 1 aromatic carbocycles. The molecule has 1 aliphatic rings. The molecule has 12 heteroatoms. The molecular weight excluding hydrogens is 486 g/mol. The zero-order valence-corrected chi connectivity index (χ0v) is 21.1. The molecular formula is C21H26ClN5O4S2. The molecule has 0 saturated carbocycles. The first-order valence-electron chi connectivity index (χ1n) is 10.0. The summed E-state index contributed by atoms with van der Waals surface area (Å²) in [6.45, 7) is 1.01. The summed E-state index contributed by atoms with van der Waals surface area (Å²) in [7, 11) is 0.562. The predicted molar refractivity (Wildman–Crippen MR) is 134 cm³/mol. The number of hydrogen-bond donors (Lipinski definition) is 0. The third-order valence-electron chi connectivity index (χ3n) is 5.13. The van der Waals surface area contributed by atoms with Gasteiger partial charge >= 0.3 is 0 Å². The van der Waals surface area contributed by atoms with Gasteiger partial charge in [-0.3, -0.25) is 4.98 Å². The molecule has 0 spiro atoms. The van der Waals surface area contributed by atoms with Crippen molar-refractivity contribution in [3.05, 3.63) is 41.7 Å². The van der Waals surface area contributed by atoms with Crippen LogP contribution in [0.4, 0.5) is 5.69 Å². The average Bonchev–Trinajstić information content (AvgIpc) is 2.76. The minimum Gasteiger partial charge on any atom is -0.473 e. The van der Waals surface area contributed by atoms with Gasteiger partial charge in [0, 0.05) is 45.1 Å². The summed E-state index contributed by atoms with van der Waals surface area (Å²) >= 11 is 6.45. The monoisotopic (exact) mass is 511 g/mol.